The number of hydrazine groups is 1. The van der Waals surface area contributed by atoms with E-state index >= 15 is 0 Å². The van der Waals surface area contributed by atoms with Crippen LogP contribution in [0.25, 0.3) is 0 Å². The predicted octanol–water partition coefficient (Wildman–Crippen LogP) is 2.84. The minimum Gasteiger partial charge on any atom is -0.274 e. The van der Waals surface area contributed by atoms with Crippen LogP contribution in [0.2, 0.25) is 0 Å². The van der Waals surface area contributed by atoms with E-state index in [0.29, 0.717) is 5.69 Å². The molecule has 3 aliphatic heterocycles. The number of hydrogen-bond donors (Lipinski definition) is 0. The first kappa shape index (κ1) is 16.7. The normalized spacial score (nSPS) is 28.1. The number of imide groups is 1. The highest BCUT2D eigenvalue weighted by molar-refractivity contribution is 6.24. The monoisotopic (exact) mass is 361 g/mol. The van der Waals surface area contributed by atoms with Gasteiger partial charge >= 0.3 is 0 Å². The molecule has 0 radical (unpaired) electrons. The summed E-state index contributed by atoms with van der Waals surface area (Å²) in [5.74, 6) is -0.506. The van der Waals surface area contributed by atoms with Crippen molar-refractivity contribution in [3.8, 4) is 0 Å². The fourth-order valence-electron chi connectivity index (χ4n) is 4.90. The van der Waals surface area contributed by atoms with Crippen molar-refractivity contribution in [2.45, 2.75) is 32.4 Å². The second-order valence-corrected chi connectivity index (χ2v) is 7.86. The van der Waals surface area contributed by atoms with E-state index in [1.807, 2.05) is 31.2 Å². The third-order valence-electron chi connectivity index (χ3n) is 6.08. The number of amides is 2. The topological polar surface area (TPSA) is 43.9 Å². The van der Waals surface area contributed by atoms with E-state index in [1.54, 1.807) is 0 Å². The molecule has 0 spiro atoms. The molecule has 0 N–H and O–H groups in total. The Hall–Kier alpha value is -2.50. The van der Waals surface area contributed by atoms with Crippen LogP contribution in [0.1, 0.15) is 29.2 Å². The van der Waals surface area contributed by atoms with Crippen LogP contribution in [0.15, 0.2) is 48.5 Å². The third-order valence-corrected chi connectivity index (χ3v) is 6.08. The van der Waals surface area contributed by atoms with Crippen molar-refractivity contribution >= 4 is 17.5 Å². The summed E-state index contributed by atoms with van der Waals surface area (Å²) in [6, 6.07) is 15.6. The standard InChI is InChI=1S/C22H23N3O2/c1-14-7-9-16(10-8-14)19-18-20(24-12-4-11-23(19)24)22(27)25(21(18)26)17-6-3-5-15(2)13-17/h3,5-10,13,18-20H,4,11-12H2,1-2H3/t18-,19+,20+/m1/s1. The van der Waals surface area contributed by atoms with E-state index in [1.165, 1.54) is 10.5 Å². The zero-order chi connectivity index (χ0) is 18.7. The summed E-state index contributed by atoms with van der Waals surface area (Å²) in [4.78, 5) is 28.2. The zero-order valence-electron chi connectivity index (χ0n) is 15.6. The van der Waals surface area contributed by atoms with E-state index in [2.05, 4.69) is 41.2 Å². The maximum Gasteiger partial charge on any atom is 0.253 e. The Bertz CT molecular complexity index is 923. The van der Waals surface area contributed by atoms with E-state index in [-0.39, 0.29) is 29.8 Å². The molecule has 3 heterocycles. The fraction of sp³-hybridized carbons (Fsp3) is 0.364. The molecule has 0 aromatic heterocycles. The minimum atomic E-state index is -0.383. The number of hydrogen-bond acceptors (Lipinski definition) is 4. The number of nitrogens with zero attached hydrogens (tertiary/aromatic N) is 3. The fourth-order valence-corrected chi connectivity index (χ4v) is 4.90. The highest BCUT2D eigenvalue weighted by atomic mass is 16.2. The van der Waals surface area contributed by atoms with E-state index in [0.717, 1.165) is 30.6 Å². The Balaban J connectivity index is 1.59. The number of carbonyl (C=O) groups excluding carboxylic acids is 2. The van der Waals surface area contributed by atoms with E-state index in [9.17, 15) is 9.59 Å². The molecule has 5 rings (SSSR count). The van der Waals surface area contributed by atoms with Gasteiger partial charge in [0.2, 0.25) is 5.91 Å². The van der Waals surface area contributed by atoms with Crippen LogP contribution in [-0.4, -0.2) is 41.0 Å². The summed E-state index contributed by atoms with van der Waals surface area (Å²) in [5.41, 5.74) is 4.05. The number of benzene rings is 2. The molecule has 27 heavy (non-hydrogen) atoms. The Morgan fingerprint density at radius 1 is 0.815 bits per heavy atom. The first-order chi connectivity index (χ1) is 13.1. The lowest BCUT2D eigenvalue weighted by Gasteiger charge is -2.29. The predicted molar refractivity (Wildman–Crippen MR) is 103 cm³/mol. The summed E-state index contributed by atoms with van der Waals surface area (Å²) in [7, 11) is 0. The number of fused-ring (bicyclic) bond motifs is 3. The third kappa shape index (κ3) is 2.38. The lowest BCUT2D eigenvalue weighted by molar-refractivity contribution is -0.126. The Kier molecular flexibility index (Phi) is 3.71. The van der Waals surface area contributed by atoms with Crippen LogP contribution < -0.4 is 4.90 Å². The van der Waals surface area contributed by atoms with Gasteiger partial charge in [0.1, 0.15) is 6.04 Å². The molecular formula is C22H23N3O2. The van der Waals surface area contributed by atoms with Crippen LogP contribution in [0, 0.1) is 19.8 Å². The van der Waals surface area contributed by atoms with Crippen molar-refractivity contribution in [2.24, 2.45) is 5.92 Å². The lowest BCUT2D eigenvalue weighted by atomic mass is 9.89. The average Bonchev–Trinajstić information content (AvgIpc) is 3.28. The van der Waals surface area contributed by atoms with Crippen molar-refractivity contribution in [2.75, 3.05) is 18.0 Å². The molecule has 0 bridgehead atoms. The van der Waals surface area contributed by atoms with E-state index < -0.39 is 0 Å². The van der Waals surface area contributed by atoms with Gasteiger partial charge < -0.3 is 0 Å². The second kappa shape index (κ2) is 6.01. The van der Waals surface area contributed by atoms with Crippen LogP contribution in [0.5, 0.6) is 0 Å². The van der Waals surface area contributed by atoms with Crippen LogP contribution in [0.4, 0.5) is 5.69 Å². The van der Waals surface area contributed by atoms with Gasteiger partial charge in [0.15, 0.2) is 0 Å². The van der Waals surface area contributed by atoms with Gasteiger partial charge in [0.25, 0.3) is 5.91 Å². The first-order valence-corrected chi connectivity index (χ1v) is 9.60. The summed E-state index contributed by atoms with van der Waals surface area (Å²) in [5, 5.41) is 4.40. The first-order valence-electron chi connectivity index (χ1n) is 9.60. The van der Waals surface area contributed by atoms with Crippen LogP contribution in [-0.2, 0) is 9.59 Å². The van der Waals surface area contributed by atoms with Gasteiger partial charge in [-0.05, 0) is 43.5 Å². The lowest BCUT2D eigenvalue weighted by Crippen LogP contribution is -2.44. The second-order valence-electron chi connectivity index (χ2n) is 7.86. The van der Waals surface area contributed by atoms with Gasteiger partial charge in [-0.2, -0.15) is 0 Å². The maximum absolute atomic E-state index is 13.4. The maximum atomic E-state index is 13.4. The molecule has 2 aromatic rings. The van der Waals surface area contributed by atoms with Crippen molar-refractivity contribution in [1.82, 2.24) is 10.0 Å². The van der Waals surface area contributed by atoms with Crippen molar-refractivity contribution < 1.29 is 9.59 Å². The van der Waals surface area contributed by atoms with Gasteiger partial charge in [0.05, 0.1) is 17.6 Å². The van der Waals surface area contributed by atoms with Crippen molar-refractivity contribution in [3.05, 3.63) is 65.2 Å². The summed E-state index contributed by atoms with van der Waals surface area (Å²) >= 11 is 0. The molecule has 0 aliphatic carbocycles. The number of aryl methyl sites for hydroxylation is 2. The quantitative estimate of drug-likeness (QED) is 0.772. The zero-order valence-corrected chi connectivity index (χ0v) is 15.6. The average molecular weight is 361 g/mol. The highest BCUT2D eigenvalue weighted by Gasteiger charge is 2.62. The highest BCUT2D eigenvalue weighted by Crippen LogP contribution is 2.48. The van der Waals surface area contributed by atoms with Gasteiger partial charge in [-0.1, -0.05) is 42.0 Å². The molecular weight excluding hydrogens is 338 g/mol. The van der Waals surface area contributed by atoms with Gasteiger partial charge in [-0.15, -0.1) is 0 Å². The summed E-state index contributed by atoms with van der Waals surface area (Å²) in [6.45, 7) is 5.78. The van der Waals surface area contributed by atoms with Gasteiger partial charge in [-0.25, -0.2) is 14.9 Å². The largest absolute Gasteiger partial charge is 0.274 e. The number of anilines is 1. The van der Waals surface area contributed by atoms with Crippen molar-refractivity contribution in [3.63, 3.8) is 0 Å². The number of rotatable bonds is 2. The van der Waals surface area contributed by atoms with Gasteiger partial charge in [0, 0.05) is 13.1 Å². The summed E-state index contributed by atoms with van der Waals surface area (Å²) in [6.07, 6.45) is 1.03. The summed E-state index contributed by atoms with van der Waals surface area (Å²) < 4.78 is 0. The van der Waals surface area contributed by atoms with Crippen LogP contribution >= 0.6 is 0 Å². The van der Waals surface area contributed by atoms with Crippen LogP contribution in [0.3, 0.4) is 0 Å². The van der Waals surface area contributed by atoms with Crippen molar-refractivity contribution in [1.29, 1.82) is 0 Å². The minimum absolute atomic E-state index is 0.0654. The molecule has 138 valence electrons. The Morgan fingerprint density at radius 3 is 2.22 bits per heavy atom. The molecule has 3 atom stereocenters. The smallest absolute Gasteiger partial charge is 0.253 e. The molecule has 3 aliphatic rings. The molecule has 2 aromatic carbocycles. The Morgan fingerprint density at radius 2 is 1.52 bits per heavy atom. The molecule has 5 heteroatoms. The molecule has 0 unspecified atom stereocenters. The Labute approximate surface area is 159 Å². The molecule has 0 saturated carbocycles. The molecule has 2 amide bonds. The molecule has 3 fully saturated rings. The van der Waals surface area contributed by atoms with Gasteiger partial charge in [-0.3, -0.25) is 9.59 Å². The SMILES string of the molecule is Cc1ccc([C@H]2[C@H]3C(=O)N(c4cccc(C)c4)C(=O)[C@H]3N3CCCN23)cc1. The number of carbonyl (C=O) groups is 2. The van der Waals surface area contributed by atoms with E-state index in [4.69, 9.17) is 0 Å². The molecule has 5 nitrogen and oxygen atoms in total. The molecule has 3 saturated heterocycles.